The fourth-order valence-corrected chi connectivity index (χ4v) is 2.87. The van der Waals surface area contributed by atoms with Crippen LogP contribution in [0.3, 0.4) is 0 Å². The molecule has 0 spiro atoms. The first kappa shape index (κ1) is 20.1. The summed E-state index contributed by atoms with van der Waals surface area (Å²) in [6.07, 6.45) is 0. The maximum absolute atomic E-state index is 12.2. The second kappa shape index (κ2) is 9.51. The van der Waals surface area contributed by atoms with Crippen LogP contribution in [0, 0.1) is 0 Å². The van der Waals surface area contributed by atoms with Crippen LogP contribution in [0.25, 0.3) is 22.3 Å². The number of hydrogen-bond acceptors (Lipinski definition) is 4. The van der Waals surface area contributed by atoms with Crippen molar-refractivity contribution in [3.8, 4) is 22.3 Å². The highest BCUT2D eigenvalue weighted by atomic mass is 16.6. The molecule has 0 saturated heterocycles. The number of hydrogen-bond donors (Lipinski definition) is 0. The summed E-state index contributed by atoms with van der Waals surface area (Å²) in [6.45, 7) is 5.05. The lowest BCUT2D eigenvalue weighted by atomic mass is 9.94. The first-order chi connectivity index (χ1) is 14.1. The Balaban J connectivity index is 1.67. The summed E-state index contributed by atoms with van der Waals surface area (Å²) in [7, 11) is 0. The van der Waals surface area contributed by atoms with Crippen molar-refractivity contribution in [1.82, 2.24) is 0 Å². The Bertz CT molecular complexity index is 1000. The summed E-state index contributed by atoms with van der Waals surface area (Å²) < 4.78 is 10.1. The molecule has 0 atom stereocenters. The van der Waals surface area contributed by atoms with Crippen LogP contribution in [0.5, 0.6) is 0 Å². The molecule has 3 aromatic carbocycles. The van der Waals surface area contributed by atoms with Crippen molar-refractivity contribution >= 4 is 11.9 Å². The highest BCUT2D eigenvalue weighted by Gasteiger charge is 2.11. The normalized spacial score (nSPS) is 10.2. The standard InChI is InChI=1S/C25H22O4/c1-18(2)24(26)28-16-17-29-25(27)21-14-12-20(13-15-21)23-11-7-6-10-22(23)19-8-4-3-5-9-19/h3-15H,1,16-17H2,2H3. The number of rotatable bonds is 7. The van der Waals surface area contributed by atoms with Crippen molar-refractivity contribution in [2.45, 2.75) is 6.92 Å². The monoisotopic (exact) mass is 386 g/mol. The predicted molar refractivity (Wildman–Crippen MR) is 113 cm³/mol. The lowest BCUT2D eigenvalue weighted by Crippen LogP contribution is -2.14. The smallest absolute Gasteiger partial charge is 0.338 e. The molecule has 0 heterocycles. The molecule has 0 aliphatic heterocycles. The van der Waals surface area contributed by atoms with E-state index in [1.165, 1.54) is 0 Å². The van der Waals surface area contributed by atoms with Gasteiger partial charge in [0.15, 0.2) is 0 Å². The molecule has 0 fully saturated rings. The SMILES string of the molecule is C=C(C)C(=O)OCCOC(=O)c1ccc(-c2ccccc2-c2ccccc2)cc1. The fraction of sp³-hybridized carbons (Fsp3) is 0.120. The van der Waals surface area contributed by atoms with Gasteiger partial charge in [-0.15, -0.1) is 0 Å². The first-order valence-corrected chi connectivity index (χ1v) is 9.31. The zero-order valence-electron chi connectivity index (χ0n) is 16.3. The van der Waals surface area contributed by atoms with Crippen molar-refractivity contribution < 1.29 is 19.1 Å². The molecule has 4 heteroatoms. The minimum atomic E-state index is -0.498. The van der Waals surface area contributed by atoms with Gasteiger partial charge in [0.2, 0.25) is 0 Å². The van der Waals surface area contributed by atoms with Gasteiger partial charge < -0.3 is 9.47 Å². The van der Waals surface area contributed by atoms with Gasteiger partial charge in [-0.05, 0) is 41.3 Å². The molecule has 4 nitrogen and oxygen atoms in total. The Morgan fingerprint density at radius 3 is 1.83 bits per heavy atom. The highest BCUT2D eigenvalue weighted by Crippen LogP contribution is 2.31. The first-order valence-electron chi connectivity index (χ1n) is 9.31. The Morgan fingerprint density at radius 2 is 1.24 bits per heavy atom. The van der Waals surface area contributed by atoms with Crippen molar-refractivity contribution in [3.05, 3.63) is 96.6 Å². The van der Waals surface area contributed by atoms with Crippen molar-refractivity contribution in [3.63, 3.8) is 0 Å². The molecule has 3 aromatic rings. The molecule has 146 valence electrons. The van der Waals surface area contributed by atoms with E-state index in [-0.39, 0.29) is 13.2 Å². The highest BCUT2D eigenvalue weighted by molar-refractivity contribution is 5.91. The van der Waals surface area contributed by atoms with Crippen molar-refractivity contribution in [1.29, 1.82) is 0 Å². The van der Waals surface area contributed by atoms with Gasteiger partial charge in [-0.3, -0.25) is 0 Å². The van der Waals surface area contributed by atoms with E-state index < -0.39 is 11.9 Å². The zero-order chi connectivity index (χ0) is 20.6. The van der Waals surface area contributed by atoms with E-state index in [0.717, 1.165) is 22.3 Å². The molecule has 0 aliphatic carbocycles. The minimum Gasteiger partial charge on any atom is -0.459 e. The van der Waals surface area contributed by atoms with Crippen LogP contribution >= 0.6 is 0 Å². The van der Waals surface area contributed by atoms with Crippen molar-refractivity contribution in [2.75, 3.05) is 13.2 Å². The topological polar surface area (TPSA) is 52.6 Å². The van der Waals surface area contributed by atoms with E-state index in [2.05, 4.69) is 30.8 Å². The summed E-state index contributed by atoms with van der Waals surface area (Å²) in [6, 6.07) is 25.6. The Hall–Kier alpha value is -3.66. The van der Waals surface area contributed by atoms with Crippen LogP contribution in [0.15, 0.2) is 91.0 Å². The maximum Gasteiger partial charge on any atom is 0.338 e. The quantitative estimate of drug-likeness (QED) is 0.314. The van der Waals surface area contributed by atoms with E-state index in [1.807, 2.05) is 42.5 Å². The van der Waals surface area contributed by atoms with E-state index in [4.69, 9.17) is 9.47 Å². The minimum absolute atomic E-state index is 0.0000318. The molecular formula is C25H22O4. The van der Waals surface area contributed by atoms with Crippen LogP contribution < -0.4 is 0 Å². The molecule has 3 rings (SSSR count). The average molecular weight is 386 g/mol. The molecule has 0 aromatic heterocycles. The Morgan fingerprint density at radius 1 is 0.724 bits per heavy atom. The molecule has 29 heavy (non-hydrogen) atoms. The van der Waals surface area contributed by atoms with Gasteiger partial charge >= 0.3 is 11.9 Å². The maximum atomic E-state index is 12.2. The molecule has 0 N–H and O–H groups in total. The second-order valence-electron chi connectivity index (χ2n) is 6.54. The zero-order valence-corrected chi connectivity index (χ0v) is 16.3. The van der Waals surface area contributed by atoms with Gasteiger partial charge in [0.05, 0.1) is 5.56 Å². The van der Waals surface area contributed by atoms with Crippen LogP contribution in [-0.2, 0) is 14.3 Å². The molecule has 0 saturated carbocycles. The predicted octanol–water partition coefficient (Wildman–Crippen LogP) is 5.30. The van der Waals surface area contributed by atoms with Crippen LogP contribution in [-0.4, -0.2) is 25.2 Å². The lowest BCUT2D eigenvalue weighted by molar-refractivity contribution is -0.140. The van der Waals surface area contributed by atoms with Crippen LogP contribution in [0.1, 0.15) is 17.3 Å². The van der Waals surface area contributed by atoms with E-state index in [1.54, 1.807) is 19.1 Å². The third-order valence-electron chi connectivity index (χ3n) is 4.34. The molecule has 0 unspecified atom stereocenters. The largest absolute Gasteiger partial charge is 0.459 e. The molecule has 0 aliphatic rings. The third-order valence-corrected chi connectivity index (χ3v) is 4.34. The Kier molecular flexibility index (Phi) is 6.59. The Labute approximate surface area is 170 Å². The van der Waals surface area contributed by atoms with Gasteiger partial charge in [-0.2, -0.15) is 0 Å². The summed E-state index contributed by atoms with van der Waals surface area (Å²) >= 11 is 0. The third kappa shape index (κ3) is 5.20. The summed E-state index contributed by atoms with van der Waals surface area (Å²) in [5, 5.41) is 0. The molecule has 0 bridgehead atoms. The van der Waals surface area contributed by atoms with Crippen LogP contribution in [0.2, 0.25) is 0 Å². The second-order valence-corrected chi connectivity index (χ2v) is 6.54. The average Bonchev–Trinajstić information content (AvgIpc) is 2.77. The molecule has 0 amide bonds. The number of ether oxygens (including phenoxy) is 2. The van der Waals surface area contributed by atoms with Crippen molar-refractivity contribution in [2.24, 2.45) is 0 Å². The van der Waals surface area contributed by atoms with Gasteiger partial charge in [0.1, 0.15) is 13.2 Å². The number of carbonyl (C=O) groups is 2. The van der Waals surface area contributed by atoms with E-state index in [9.17, 15) is 9.59 Å². The fourth-order valence-electron chi connectivity index (χ4n) is 2.87. The molecular weight excluding hydrogens is 364 g/mol. The van der Waals surface area contributed by atoms with Gasteiger partial charge in [-0.25, -0.2) is 9.59 Å². The van der Waals surface area contributed by atoms with Crippen LogP contribution in [0.4, 0.5) is 0 Å². The van der Waals surface area contributed by atoms with Gasteiger partial charge in [0, 0.05) is 5.57 Å². The lowest BCUT2D eigenvalue weighted by Gasteiger charge is -2.11. The number of carbonyl (C=O) groups excluding carboxylic acids is 2. The summed E-state index contributed by atoms with van der Waals surface area (Å²) in [5.41, 5.74) is 5.11. The number of esters is 2. The molecule has 0 radical (unpaired) electrons. The van der Waals surface area contributed by atoms with E-state index >= 15 is 0 Å². The summed E-state index contributed by atoms with van der Waals surface area (Å²) in [5.74, 6) is -0.957. The number of benzene rings is 3. The van der Waals surface area contributed by atoms with E-state index in [0.29, 0.717) is 11.1 Å². The van der Waals surface area contributed by atoms with Gasteiger partial charge in [-0.1, -0.05) is 73.3 Å². The van der Waals surface area contributed by atoms with Gasteiger partial charge in [0.25, 0.3) is 0 Å². The summed E-state index contributed by atoms with van der Waals surface area (Å²) in [4.78, 5) is 23.5.